The second kappa shape index (κ2) is 7.89. The second-order valence-corrected chi connectivity index (χ2v) is 5.46. The molecule has 0 saturated heterocycles. The number of amides is 1. The first-order chi connectivity index (χ1) is 11.4. The third-order valence-corrected chi connectivity index (χ3v) is 3.88. The highest BCUT2D eigenvalue weighted by atomic mass is 19.3. The van der Waals surface area contributed by atoms with Crippen molar-refractivity contribution in [3.05, 3.63) is 27.8 Å². The van der Waals surface area contributed by atoms with Crippen LogP contribution < -0.4 is 14.8 Å². The summed E-state index contributed by atoms with van der Waals surface area (Å²) in [7, 11) is 1.20. The van der Waals surface area contributed by atoms with Crippen LogP contribution in [-0.2, 0) is 0 Å². The van der Waals surface area contributed by atoms with Crippen molar-refractivity contribution < 1.29 is 28.0 Å². The van der Waals surface area contributed by atoms with Gasteiger partial charge >= 0.3 is 6.61 Å². The number of rotatable bonds is 6. The predicted octanol–water partition coefficient (Wildman–Crippen LogP) is 3.27. The number of nitrogens with one attached hydrogen (secondary N) is 1. The number of ether oxygens (including phenoxy) is 2. The number of nitro benzene ring substituents is 1. The van der Waals surface area contributed by atoms with Crippen LogP contribution in [0.1, 0.15) is 42.5 Å². The molecule has 1 aliphatic carbocycles. The SMILES string of the molecule is COc1cc(C(=O)NC2CCCCC2)c([N+](=O)[O-])cc1OC(F)F. The minimum absolute atomic E-state index is 0.0474. The van der Waals surface area contributed by atoms with Crippen LogP contribution in [0.5, 0.6) is 11.5 Å². The molecule has 1 amide bonds. The standard InChI is InChI=1S/C15H18F2N2O5/c1-23-12-7-10(14(20)18-9-5-3-2-4-6-9)11(19(21)22)8-13(12)24-15(16)17/h7-9,15H,2-6H2,1H3,(H,18,20). The van der Waals surface area contributed by atoms with Crippen molar-refractivity contribution in [3.63, 3.8) is 0 Å². The molecule has 9 heteroatoms. The van der Waals surface area contributed by atoms with Crippen LogP contribution in [0.4, 0.5) is 14.5 Å². The number of halogens is 2. The molecule has 0 bridgehead atoms. The van der Waals surface area contributed by atoms with Crippen LogP contribution in [0.15, 0.2) is 12.1 Å². The average Bonchev–Trinajstić information content (AvgIpc) is 2.54. The number of nitrogens with zero attached hydrogens (tertiary/aromatic N) is 1. The molecule has 0 spiro atoms. The molecule has 1 aromatic carbocycles. The summed E-state index contributed by atoms with van der Waals surface area (Å²) in [6, 6.07) is 1.78. The summed E-state index contributed by atoms with van der Waals surface area (Å²) in [6.45, 7) is -3.17. The van der Waals surface area contributed by atoms with Gasteiger partial charge in [-0.3, -0.25) is 14.9 Å². The molecule has 24 heavy (non-hydrogen) atoms. The Labute approximate surface area is 137 Å². The normalized spacial score (nSPS) is 15.2. The van der Waals surface area contributed by atoms with Crippen LogP contribution in [0, 0.1) is 10.1 Å². The van der Waals surface area contributed by atoms with E-state index in [-0.39, 0.29) is 17.4 Å². The van der Waals surface area contributed by atoms with E-state index in [1.54, 1.807) is 0 Å². The van der Waals surface area contributed by atoms with Crippen LogP contribution in [-0.4, -0.2) is 30.6 Å². The maximum absolute atomic E-state index is 12.4. The Hall–Kier alpha value is -2.45. The van der Waals surface area contributed by atoms with Gasteiger partial charge in [0.2, 0.25) is 0 Å². The van der Waals surface area contributed by atoms with Crippen LogP contribution in [0.2, 0.25) is 0 Å². The Morgan fingerprint density at radius 3 is 2.50 bits per heavy atom. The van der Waals surface area contributed by atoms with E-state index in [4.69, 9.17) is 4.74 Å². The van der Waals surface area contributed by atoms with Crippen molar-refractivity contribution in [2.24, 2.45) is 0 Å². The molecule has 0 atom stereocenters. The number of carbonyl (C=O) groups is 1. The summed E-state index contributed by atoms with van der Waals surface area (Å²) in [6.07, 6.45) is 4.68. The Balaban J connectivity index is 2.32. The van der Waals surface area contributed by atoms with Crippen LogP contribution >= 0.6 is 0 Å². The van der Waals surface area contributed by atoms with E-state index in [0.717, 1.165) is 44.2 Å². The number of benzene rings is 1. The van der Waals surface area contributed by atoms with Gasteiger partial charge in [-0.05, 0) is 12.8 Å². The summed E-state index contributed by atoms with van der Waals surface area (Å²) >= 11 is 0. The molecule has 1 fully saturated rings. The third kappa shape index (κ3) is 4.30. The van der Waals surface area contributed by atoms with Gasteiger partial charge in [0.05, 0.1) is 18.1 Å². The summed E-state index contributed by atoms with van der Waals surface area (Å²) in [5.41, 5.74) is -0.858. The zero-order valence-corrected chi connectivity index (χ0v) is 13.1. The van der Waals surface area contributed by atoms with Gasteiger partial charge < -0.3 is 14.8 Å². The molecular formula is C15H18F2N2O5. The maximum Gasteiger partial charge on any atom is 0.387 e. The Morgan fingerprint density at radius 1 is 1.29 bits per heavy atom. The number of hydrogen-bond donors (Lipinski definition) is 1. The van der Waals surface area contributed by atoms with Gasteiger partial charge in [0.15, 0.2) is 11.5 Å². The molecule has 1 aliphatic rings. The lowest BCUT2D eigenvalue weighted by atomic mass is 9.95. The van der Waals surface area contributed by atoms with E-state index in [2.05, 4.69) is 10.1 Å². The molecule has 0 aromatic heterocycles. The van der Waals surface area contributed by atoms with Crippen molar-refractivity contribution in [1.29, 1.82) is 0 Å². The smallest absolute Gasteiger partial charge is 0.387 e. The van der Waals surface area contributed by atoms with Crippen molar-refractivity contribution >= 4 is 11.6 Å². The van der Waals surface area contributed by atoms with Crippen LogP contribution in [0.25, 0.3) is 0 Å². The van der Waals surface area contributed by atoms with E-state index in [1.165, 1.54) is 7.11 Å². The van der Waals surface area contributed by atoms with Gasteiger partial charge in [0.25, 0.3) is 11.6 Å². The van der Waals surface area contributed by atoms with E-state index >= 15 is 0 Å². The number of nitro groups is 1. The van der Waals surface area contributed by atoms with E-state index < -0.39 is 28.9 Å². The van der Waals surface area contributed by atoms with Crippen molar-refractivity contribution in [2.75, 3.05) is 7.11 Å². The van der Waals surface area contributed by atoms with Gasteiger partial charge in [-0.15, -0.1) is 0 Å². The maximum atomic E-state index is 12.4. The minimum atomic E-state index is -3.17. The van der Waals surface area contributed by atoms with Gasteiger partial charge in [-0.25, -0.2) is 0 Å². The highest BCUT2D eigenvalue weighted by Crippen LogP contribution is 2.35. The van der Waals surface area contributed by atoms with E-state index in [1.807, 2.05) is 0 Å². The molecule has 1 N–H and O–H groups in total. The van der Waals surface area contributed by atoms with Gasteiger partial charge in [0.1, 0.15) is 5.56 Å². The largest absolute Gasteiger partial charge is 0.493 e. The topological polar surface area (TPSA) is 90.7 Å². The first-order valence-corrected chi connectivity index (χ1v) is 7.54. The van der Waals surface area contributed by atoms with Gasteiger partial charge in [-0.1, -0.05) is 19.3 Å². The summed E-state index contributed by atoms with van der Waals surface area (Å²) < 4.78 is 33.9. The summed E-state index contributed by atoms with van der Waals surface area (Å²) in [4.78, 5) is 22.8. The summed E-state index contributed by atoms with van der Waals surface area (Å²) in [5.74, 6) is -1.29. The molecule has 2 rings (SSSR count). The highest BCUT2D eigenvalue weighted by Gasteiger charge is 2.27. The second-order valence-electron chi connectivity index (χ2n) is 5.46. The Morgan fingerprint density at radius 2 is 1.96 bits per heavy atom. The molecule has 0 heterocycles. The fourth-order valence-electron chi connectivity index (χ4n) is 2.74. The molecule has 0 unspecified atom stereocenters. The monoisotopic (exact) mass is 344 g/mol. The minimum Gasteiger partial charge on any atom is -0.493 e. The zero-order chi connectivity index (χ0) is 17.7. The van der Waals surface area contributed by atoms with Gasteiger partial charge in [0, 0.05) is 12.1 Å². The number of alkyl halides is 2. The van der Waals surface area contributed by atoms with Crippen LogP contribution in [0.3, 0.4) is 0 Å². The molecule has 1 aromatic rings. The average molecular weight is 344 g/mol. The fourth-order valence-corrected chi connectivity index (χ4v) is 2.74. The number of hydrogen-bond acceptors (Lipinski definition) is 5. The first-order valence-electron chi connectivity index (χ1n) is 7.54. The molecule has 7 nitrogen and oxygen atoms in total. The van der Waals surface area contributed by atoms with Crippen molar-refractivity contribution in [1.82, 2.24) is 5.32 Å². The van der Waals surface area contributed by atoms with Crippen molar-refractivity contribution in [2.45, 2.75) is 44.8 Å². The molecule has 0 radical (unpaired) electrons. The molecular weight excluding hydrogens is 326 g/mol. The Bertz CT molecular complexity index is 618. The molecule has 0 aliphatic heterocycles. The molecule has 132 valence electrons. The first kappa shape index (κ1) is 17.9. The predicted molar refractivity (Wildman–Crippen MR) is 80.6 cm³/mol. The Kier molecular flexibility index (Phi) is 5.88. The zero-order valence-electron chi connectivity index (χ0n) is 13.1. The lowest BCUT2D eigenvalue weighted by Crippen LogP contribution is -2.36. The molecule has 1 saturated carbocycles. The lowest BCUT2D eigenvalue weighted by Gasteiger charge is -2.22. The third-order valence-electron chi connectivity index (χ3n) is 3.88. The quantitative estimate of drug-likeness (QED) is 0.632. The lowest BCUT2D eigenvalue weighted by molar-refractivity contribution is -0.385. The van der Waals surface area contributed by atoms with Crippen molar-refractivity contribution in [3.8, 4) is 11.5 Å². The van der Waals surface area contributed by atoms with Gasteiger partial charge in [-0.2, -0.15) is 8.78 Å². The highest BCUT2D eigenvalue weighted by molar-refractivity contribution is 5.99. The van der Waals surface area contributed by atoms with E-state index in [0.29, 0.717) is 0 Å². The van der Waals surface area contributed by atoms with E-state index in [9.17, 15) is 23.7 Å². The number of carbonyl (C=O) groups excluding carboxylic acids is 1. The number of methoxy groups -OCH3 is 1. The fraction of sp³-hybridized carbons (Fsp3) is 0.533. The summed E-state index contributed by atoms with van der Waals surface area (Å²) in [5, 5.41) is 14.0.